The molecule has 1 fully saturated rings. The number of carbonyl (C=O) groups excluding carboxylic acids is 2. The quantitative estimate of drug-likeness (QED) is 0.396. The maximum absolute atomic E-state index is 13.0. The van der Waals surface area contributed by atoms with Crippen LogP contribution in [0, 0.1) is 0 Å². The van der Waals surface area contributed by atoms with Crippen LogP contribution in [0.1, 0.15) is 24.0 Å². The van der Waals surface area contributed by atoms with Crippen LogP contribution in [0.2, 0.25) is 0 Å². The van der Waals surface area contributed by atoms with Gasteiger partial charge in [-0.2, -0.15) is 13.5 Å². The fourth-order valence-corrected chi connectivity index (χ4v) is 3.71. The summed E-state index contributed by atoms with van der Waals surface area (Å²) in [5.41, 5.74) is 1.82. The second kappa shape index (κ2) is 11.9. The zero-order valence-corrected chi connectivity index (χ0v) is 19.6. The van der Waals surface area contributed by atoms with Crippen LogP contribution in [-0.4, -0.2) is 34.7 Å². The van der Waals surface area contributed by atoms with Gasteiger partial charge in [-0.1, -0.05) is 60.7 Å². The second-order valence-corrected chi connectivity index (χ2v) is 7.72. The number of aromatic nitrogens is 1. The molecule has 0 unspecified atom stereocenters. The smallest absolute Gasteiger partial charge is 0.410 e. The molecule has 0 spiro atoms. The van der Waals surface area contributed by atoms with Gasteiger partial charge in [0.1, 0.15) is 25.5 Å². The van der Waals surface area contributed by atoms with Gasteiger partial charge in [-0.15, -0.1) is 0 Å². The van der Waals surface area contributed by atoms with Crippen molar-refractivity contribution in [1.29, 1.82) is 0 Å². The Morgan fingerprint density at radius 3 is 2.29 bits per heavy atom. The molecular formula is C25H28N3O5S+. The Morgan fingerprint density at radius 2 is 1.62 bits per heavy atom. The van der Waals surface area contributed by atoms with Crippen molar-refractivity contribution in [3.05, 3.63) is 90.1 Å². The van der Waals surface area contributed by atoms with Gasteiger partial charge in [0.05, 0.1) is 0 Å². The minimum atomic E-state index is -0.699. The number of anilines is 1. The van der Waals surface area contributed by atoms with E-state index < -0.39 is 18.0 Å². The molecule has 9 heteroatoms. The lowest BCUT2D eigenvalue weighted by atomic mass is 10.2. The molecule has 2 N–H and O–H groups in total. The molecule has 0 saturated carbocycles. The third-order valence-corrected chi connectivity index (χ3v) is 5.41. The van der Waals surface area contributed by atoms with Crippen LogP contribution in [0.25, 0.3) is 0 Å². The number of pyridine rings is 1. The van der Waals surface area contributed by atoms with Crippen LogP contribution in [0.15, 0.2) is 79.0 Å². The third-order valence-electron chi connectivity index (χ3n) is 5.41. The summed E-state index contributed by atoms with van der Waals surface area (Å²) in [4.78, 5) is 27.1. The van der Waals surface area contributed by atoms with Gasteiger partial charge in [0.15, 0.2) is 0 Å². The Labute approximate surface area is 205 Å². The van der Waals surface area contributed by atoms with E-state index in [0.29, 0.717) is 25.1 Å². The minimum absolute atomic E-state index is 0. The van der Waals surface area contributed by atoms with E-state index in [-0.39, 0.29) is 32.5 Å². The monoisotopic (exact) mass is 482 g/mol. The van der Waals surface area contributed by atoms with E-state index in [1.54, 1.807) is 12.1 Å². The molecule has 1 atom stereocenters. The Morgan fingerprint density at radius 1 is 0.971 bits per heavy atom. The van der Waals surface area contributed by atoms with Crippen molar-refractivity contribution in [2.75, 3.05) is 11.9 Å². The van der Waals surface area contributed by atoms with E-state index >= 15 is 0 Å². The first kappa shape index (κ1) is 24.9. The van der Waals surface area contributed by atoms with Crippen molar-refractivity contribution in [2.45, 2.75) is 32.1 Å². The first-order valence-corrected chi connectivity index (χ1v) is 10.8. The zero-order valence-electron chi connectivity index (χ0n) is 18.6. The van der Waals surface area contributed by atoms with Crippen LogP contribution < -0.4 is 14.8 Å². The summed E-state index contributed by atoms with van der Waals surface area (Å²) in [6, 6.07) is 21.5. The Kier molecular flexibility index (Phi) is 8.75. The maximum atomic E-state index is 13.0. The summed E-state index contributed by atoms with van der Waals surface area (Å²) in [6.07, 6.45) is 2.04. The summed E-state index contributed by atoms with van der Waals surface area (Å²) in [7, 11) is 0. The molecule has 1 aliphatic heterocycles. The number of hydrogen-bond donors (Lipinski definition) is 2. The number of nitrogens with zero attached hydrogens (tertiary/aromatic N) is 2. The number of amides is 2. The number of benzene rings is 2. The van der Waals surface area contributed by atoms with Crippen molar-refractivity contribution >= 4 is 31.3 Å². The lowest BCUT2D eigenvalue weighted by Crippen LogP contribution is -2.45. The third kappa shape index (κ3) is 6.20. The zero-order chi connectivity index (χ0) is 23.0. The Bertz CT molecular complexity index is 1100. The highest BCUT2D eigenvalue weighted by Gasteiger charge is 2.38. The largest absolute Gasteiger partial charge is 0.481 e. The van der Waals surface area contributed by atoms with Crippen molar-refractivity contribution < 1.29 is 29.0 Å². The van der Waals surface area contributed by atoms with E-state index in [1.807, 2.05) is 60.7 Å². The van der Waals surface area contributed by atoms with Crippen molar-refractivity contribution in [3.8, 4) is 5.75 Å². The van der Waals surface area contributed by atoms with Crippen molar-refractivity contribution in [3.63, 3.8) is 0 Å². The van der Waals surface area contributed by atoms with E-state index in [1.165, 1.54) is 11.1 Å². The maximum Gasteiger partial charge on any atom is 0.410 e. The van der Waals surface area contributed by atoms with Crippen molar-refractivity contribution in [2.24, 2.45) is 0 Å². The van der Waals surface area contributed by atoms with E-state index in [9.17, 15) is 14.8 Å². The van der Waals surface area contributed by atoms with Gasteiger partial charge in [0.2, 0.25) is 5.75 Å². The topological polar surface area (TPSA) is 92.0 Å². The molecular weight excluding hydrogens is 454 g/mol. The average Bonchev–Trinajstić information content (AvgIpc) is 3.34. The van der Waals surface area contributed by atoms with Crippen LogP contribution in [0.3, 0.4) is 0 Å². The van der Waals surface area contributed by atoms with Crippen LogP contribution in [0.4, 0.5) is 10.6 Å². The van der Waals surface area contributed by atoms with Gasteiger partial charge in [-0.05, 0) is 40.8 Å². The van der Waals surface area contributed by atoms with E-state index in [4.69, 9.17) is 9.47 Å². The van der Waals surface area contributed by atoms with E-state index in [0.717, 1.165) is 15.9 Å². The molecule has 178 valence electrons. The normalized spacial score (nSPS) is 14.7. The fraction of sp³-hybridized carbons (Fsp3) is 0.240. The number of rotatable bonds is 7. The summed E-state index contributed by atoms with van der Waals surface area (Å²) < 4.78 is 12.0. The summed E-state index contributed by atoms with van der Waals surface area (Å²) in [5.74, 6) is -0.000870. The number of carbonyl (C=O) groups is 2. The predicted octanol–water partition coefficient (Wildman–Crippen LogP) is 3.64. The van der Waals surface area contributed by atoms with Gasteiger partial charge >= 0.3 is 17.8 Å². The first-order chi connectivity index (χ1) is 16.1. The summed E-state index contributed by atoms with van der Waals surface area (Å²) >= 11 is 0. The molecule has 2 aromatic carbocycles. The van der Waals surface area contributed by atoms with Crippen LogP contribution in [0.5, 0.6) is 5.75 Å². The molecule has 0 radical (unpaired) electrons. The number of ether oxygens (including phenoxy) is 2. The molecule has 4 rings (SSSR count). The Balaban J connectivity index is 0.00000324. The van der Waals surface area contributed by atoms with Gasteiger partial charge < -0.3 is 14.7 Å². The number of nitrogens with one attached hydrogen (secondary N) is 1. The van der Waals surface area contributed by atoms with Gasteiger partial charge in [-0.25, -0.2) is 14.9 Å². The van der Waals surface area contributed by atoms with Gasteiger partial charge in [-0.3, -0.25) is 4.90 Å². The lowest BCUT2D eigenvalue weighted by Gasteiger charge is -2.21. The van der Waals surface area contributed by atoms with Crippen molar-refractivity contribution in [1.82, 2.24) is 4.90 Å². The molecule has 2 heterocycles. The summed E-state index contributed by atoms with van der Waals surface area (Å²) in [5, 5.41) is 13.0. The minimum Gasteiger partial charge on any atom is -0.481 e. The number of hydrogen-bond acceptors (Lipinski definition) is 5. The molecule has 0 bridgehead atoms. The predicted molar refractivity (Wildman–Crippen MR) is 130 cm³/mol. The number of likely N-dealkylation sites (tertiary alicyclic amines) is 1. The molecule has 3 aromatic rings. The molecule has 1 aromatic heterocycles. The summed E-state index contributed by atoms with van der Waals surface area (Å²) in [6.45, 7) is 0.837. The van der Waals surface area contributed by atoms with Gasteiger partial charge in [0.25, 0.3) is 0 Å². The molecule has 0 aliphatic carbocycles. The second-order valence-electron chi connectivity index (χ2n) is 7.72. The highest BCUT2D eigenvalue weighted by atomic mass is 32.1. The molecule has 34 heavy (non-hydrogen) atoms. The van der Waals surface area contributed by atoms with Crippen LogP contribution >= 0.6 is 13.5 Å². The Hall–Kier alpha value is -3.72. The molecule has 8 nitrogen and oxygen atoms in total. The lowest BCUT2D eigenvalue weighted by molar-refractivity contribution is -0.893. The molecule has 1 aliphatic rings. The highest BCUT2D eigenvalue weighted by molar-refractivity contribution is 7.59. The van der Waals surface area contributed by atoms with Gasteiger partial charge in [0, 0.05) is 6.54 Å². The molecule has 2 amide bonds. The van der Waals surface area contributed by atoms with E-state index in [2.05, 4.69) is 5.32 Å². The SMILES string of the molecule is O=C(Nc1c(OCc2ccccc2)ccc[n+]1O)[C@@H]1CCCN1C(=O)OCc1ccccc1.S. The fourth-order valence-electron chi connectivity index (χ4n) is 3.71. The standard InChI is InChI=1S/C25H25N3O5.H2S/c29-24(21-13-7-15-27(21)25(30)33-18-20-11-5-2-6-12-20)26-23-22(14-8-16-28(23)31)32-17-19-9-3-1-4-10-19;/h1-6,8-12,14,16,21,31H,7,13,15,17-18H2;1H2/p+1/t21-;/m0./s1. The average molecular weight is 483 g/mol. The first-order valence-electron chi connectivity index (χ1n) is 10.8. The molecule has 1 saturated heterocycles. The van der Waals surface area contributed by atoms with Crippen LogP contribution in [-0.2, 0) is 22.7 Å². The highest BCUT2D eigenvalue weighted by Crippen LogP contribution is 2.24.